The number of ether oxygens (including phenoxy) is 1. The number of benzene rings is 1. The van der Waals surface area contributed by atoms with Crippen LogP contribution in [0.5, 0.6) is 5.75 Å². The van der Waals surface area contributed by atoms with Gasteiger partial charge in [-0.2, -0.15) is 0 Å². The molecule has 1 aliphatic rings. The molecule has 0 fully saturated rings. The maximum Gasteiger partial charge on any atom is 0.268 e. The van der Waals surface area contributed by atoms with E-state index in [2.05, 4.69) is 9.97 Å². The lowest BCUT2D eigenvalue weighted by Gasteiger charge is -2.33. The predicted octanol–water partition coefficient (Wildman–Crippen LogP) is 2.86. The van der Waals surface area contributed by atoms with Crippen molar-refractivity contribution < 1.29 is 14.3 Å². The van der Waals surface area contributed by atoms with Crippen molar-refractivity contribution >= 4 is 28.8 Å². The van der Waals surface area contributed by atoms with Gasteiger partial charge in [0.1, 0.15) is 17.3 Å². The second-order valence-corrected chi connectivity index (χ2v) is 7.20. The first-order chi connectivity index (χ1) is 13.6. The van der Waals surface area contributed by atoms with Crippen molar-refractivity contribution in [3.8, 4) is 27.7 Å². The number of hydrogen-bond donors (Lipinski definition) is 1. The van der Waals surface area contributed by atoms with E-state index in [-0.39, 0.29) is 12.5 Å². The summed E-state index contributed by atoms with van der Waals surface area (Å²) in [6, 6.07) is 11.2. The number of nitrogens with two attached hydrogens (primary N) is 1. The van der Waals surface area contributed by atoms with E-state index in [1.165, 1.54) is 16.2 Å². The van der Waals surface area contributed by atoms with E-state index in [4.69, 9.17) is 10.5 Å². The third kappa shape index (κ3) is 3.34. The standard InChI is InChI=1S/C20H18N4O3S/c1-2-16-20(26)24(10-18(21)25)15-9-12(6-7-17(15)27-16)14-11-28-19(23-14)13-5-3-4-8-22-13/h3-9,11,16H,2,10H2,1H3,(H2,21,25). The number of pyridine rings is 1. The van der Waals surface area contributed by atoms with Gasteiger partial charge in [-0.3, -0.25) is 19.5 Å². The number of carbonyl (C=O) groups is 2. The molecule has 1 atom stereocenters. The van der Waals surface area contributed by atoms with Crippen molar-refractivity contribution in [1.82, 2.24) is 9.97 Å². The van der Waals surface area contributed by atoms with Crippen LogP contribution in [0.4, 0.5) is 5.69 Å². The first-order valence-corrected chi connectivity index (χ1v) is 9.72. The molecule has 0 saturated carbocycles. The summed E-state index contributed by atoms with van der Waals surface area (Å²) in [5, 5.41) is 2.74. The first kappa shape index (κ1) is 18.1. The molecule has 0 bridgehead atoms. The molecule has 2 N–H and O–H groups in total. The van der Waals surface area contributed by atoms with Crippen LogP contribution < -0.4 is 15.4 Å². The molecule has 1 unspecified atom stereocenters. The molecule has 28 heavy (non-hydrogen) atoms. The van der Waals surface area contributed by atoms with E-state index in [0.29, 0.717) is 17.9 Å². The average Bonchev–Trinajstić information content (AvgIpc) is 3.20. The Kier molecular flexibility index (Phi) is 4.79. The van der Waals surface area contributed by atoms with Crippen molar-refractivity contribution in [1.29, 1.82) is 0 Å². The Hall–Kier alpha value is -3.26. The van der Waals surface area contributed by atoms with Crippen LogP contribution in [0, 0.1) is 0 Å². The van der Waals surface area contributed by atoms with E-state index in [1.54, 1.807) is 18.3 Å². The third-order valence-corrected chi connectivity index (χ3v) is 5.29. The molecule has 8 heteroatoms. The smallest absolute Gasteiger partial charge is 0.268 e. The Morgan fingerprint density at radius 1 is 1.29 bits per heavy atom. The number of primary amides is 1. The molecule has 142 valence electrons. The Labute approximate surface area is 165 Å². The summed E-state index contributed by atoms with van der Waals surface area (Å²) in [7, 11) is 0. The van der Waals surface area contributed by atoms with Crippen molar-refractivity contribution in [3.63, 3.8) is 0 Å². The second kappa shape index (κ2) is 7.40. The zero-order chi connectivity index (χ0) is 19.7. The van der Waals surface area contributed by atoms with Crippen LogP contribution in [0.15, 0.2) is 48.0 Å². The van der Waals surface area contributed by atoms with E-state index in [9.17, 15) is 9.59 Å². The average molecular weight is 394 g/mol. The van der Waals surface area contributed by atoms with E-state index >= 15 is 0 Å². The molecule has 3 heterocycles. The molecule has 0 saturated heterocycles. The van der Waals surface area contributed by atoms with Crippen molar-refractivity contribution in [2.24, 2.45) is 5.73 Å². The largest absolute Gasteiger partial charge is 0.478 e. The van der Waals surface area contributed by atoms with Gasteiger partial charge in [-0.25, -0.2) is 4.98 Å². The lowest BCUT2D eigenvalue weighted by molar-refractivity contribution is -0.128. The normalized spacial score (nSPS) is 15.8. The van der Waals surface area contributed by atoms with Gasteiger partial charge in [0, 0.05) is 17.1 Å². The van der Waals surface area contributed by atoms with Crippen LogP contribution in [0.2, 0.25) is 0 Å². The monoisotopic (exact) mass is 394 g/mol. The van der Waals surface area contributed by atoms with Crippen LogP contribution in [0.25, 0.3) is 22.0 Å². The molecule has 4 rings (SSSR count). The lowest BCUT2D eigenvalue weighted by atomic mass is 10.1. The fourth-order valence-electron chi connectivity index (χ4n) is 3.07. The zero-order valence-corrected chi connectivity index (χ0v) is 16.0. The third-order valence-electron chi connectivity index (χ3n) is 4.43. The number of nitrogens with zero attached hydrogens (tertiary/aromatic N) is 3. The summed E-state index contributed by atoms with van der Waals surface area (Å²) in [5.74, 6) is -0.289. The van der Waals surface area contributed by atoms with Crippen LogP contribution in [0.3, 0.4) is 0 Å². The number of amides is 2. The molecule has 0 aliphatic carbocycles. The minimum atomic E-state index is -0.618. The molecule has 0 radical (unpaired) electrons. The molecule has 1 aliphatic heterocycles. The number of rotatable bonds is 5. The molecule has 2 amide bonds. The number of hydrogen-bond acceptors (Lipinski definition) is 6. The summed E-state index contributed by atoms with van der Waals surface area (Å²) in [6.07, 6.45) is 1.62. The second-order valence-electron chi connectivity index (χ2n) is 6.34. The minimum Gasteiger partial charge on any atom is -0.478 e. The summed E-state index contributed by atoms with van der Waals surface area (Å²) in [5.41, 5.74) is 8.26. The molecule has 3 aromatic rings. The van der Waals surface area contributed by atoms with Crippen molar-refractivity contribution in [2.75, 3.05) is 11.4 Å². The Morgan fingerprint density at radius 2 is 2.14 bits per heavy atom. The van der Waals surface area contributed by atoms with Crippen LogP contribution >= 0.6 is 11.3 Å². The van der Waals surface area contributed by atoms with Crippen molar-refractivity contribution in [3.05, 3.63) is 48.0 Å². The lowest BCUT2D eigenvalue weighted by Crippen LogP contribution is -2.48. The quantitative estimate of drug-likeness (QED) is 0.717. The fraction of sp³-hybridized carbons (Fsp3) is 0.200. The van der Waals surface area contributed by atoms with Gasteiger partial charge >= 0.3 is 0 Å². The summed E-state index contributed by atoms with van der Waals surface area (Å²) >= 11 is 1.49. The highest BCUT2D eigenvalue weighted by Gasteiger charge is 2.34. The molecule has 1 aromatic carbocycles. The number of anilines is 1. The highest BCUT2D eigenvalue weighted by molar-refractivity contribution is 7.13. The summed E-state index contributed by atoms with van der Waals surface area (Å²) < 4.78 is 5.80. The number of carbonyl (C=O) groups excluding carboxylic acids is 2. The highest BCUT2D eigenvalue weighted by Crippen LogP contribution is 2.38. The van der Waals surface area contributed by atoms with Gasteiger partial charge in [-0.05, 0) is 36.8 Å². The Balaban J connectivity index is 1.72. The topological polar surface area (TPSA) is 98.4 Å². The van der Waals surface area contributed by atoms with Crippen LogP contribution in [-0.4, -0.2) is 34.4 Å². The fourth-order valence-corrected chi connectivity index (χ4v) is 3.88. The minimum absolute atomic E-state index is 0.189. The Morgan fingerprint density at radius 3 is 2.86 bits per heavy atom. The Bertz CT molecular complexity index is 1030. The van der Waals surface area contributed by atoms with Gasteiger partial charge in [0.15, 0.2) is 6.10 Å². The maximum atomic E-state index is 12.7. The molecule has 0 spiro atoms. The highest BCUT2D eigenvalue weighted by atomic mass is 32.1. The van der Waals surface area contributed by atoms with Gasteiger partial charge in [0.2, 0.25) is 5.91 Å². The van der Waals surface area contributed by atoms with Gasteiger partial charge in [0.05, 0.1) is 17.1 Å². The molecular weight excluding hydrogens is 376 g/mol. The van der Waals surface area contributed by atoms with Crippen LogP contribution in [0.1, 0.15) is 13.3 Å². The number of fused-ring (bicyclic) bond motifs is 1. The first-order valence-electron chi connectivity index (χ1n) is 8.84. The van der Waals surface area contributed by atoms with Gasteiger partial charge in [-0.1, -0.05) is 13.0 Å². The summed E-state index contributed by atoms with van der Waals surface area (Å²) in [6.45, 7) is 1.67. The number of aromatic nitrogens is 2. The zero-order valence-electron chi connectivity index (χ0n) is 15.2. The molecular formula is C20H18N4O3S. The van der Waals surface area contributed by atoms with Gasteiger partial charge < -0.3 is 10.5 Å². The van der Waals surface area contributed by atoms with Gasteiger partial charge in [0.25, 0.3) is 5.91 Å². The maximum absolute atomic E-state index is 12.7. The molecule has 7 nitrogen and oxygen atoms in total. The van der Waals surface area contributed by atoms with E-state index in [0.717, 1.165) is 22.0 Å². The van der Waals surface area contributed by atoms with Crippen molar-refractivity contribution in [2.45, 2.75) is 19.4 Å². The van der Waals surface area contributed by atoms with Crippen LogP contribution in [-0.2, 0) is 9.59 Å². The van der Waals surface area contributed by atoms with E-state index in [1.807, 2.05) is 36.6 Å². The number of thiazole rings is 1. The predicted molar refractivity (Wildman–Crippen MR) is 107 cm³/mol. The SMILES string of the molecule is CCC1Oc2ccc(-c3csc(-c4ccccn4)n3)cc2N(CC(N)=O)C1=O. The van der Waals surface area contributed by atoms with E-state index < -0.39 is 12.0 Å². The molecule has 2 aromatic heterocycles. The van der Waals surface area contributed by atoms with Gasteiger partial charge in [-0.15, -0.1) is 11.3 Å². The summed E-state index contributed by atoms with van der Waals surface area (Å²) in [4.78, 5) is 34.5.